The second-order valence-electron chi connectivity index (χ2n) is 2.98. The molecule has 76 valence electrons. The average molecular weight is 199 g/mol. The van der Waals surface area contributed by atoms with E-state index in [1.165, 1.54) is 4.90 Å². The highest BCUT2D eigenvalue weighted by Gasteiger charge is 2.07. The normalized spacial score (nSPS) is 10.3. The van der Waals surface area contributed by atoms with E-state index in [4.69, 9.17) is 0 Å². The number of hydrogen-bond donors (Lipinski definition) is 0. The van der Waals surface area contributed by atoms with Crippen LogP contribution in [0.3, 0.4) is 0 Å². The van der Waals surface area contributed by atoms with E-state index in [9.17, 15) is 13.6 Å². The van der Waals surface area contributed by atoms with Crippen molar-refractivity contribution in [2.24, 2.45) is 0 Å². The summed E-state index contributed by atoms with van der Waals surface area (Å²) in [5, 5.41) is 0. The summed E-state index contributed by atoms with van der Waals surface area (Å²) < 4.78 is 24.0. The molecular weight excluding hydrogens is 188 g/mol. The standard InChI is InChI=1S/C10H11F2NO/c1-13(6-10(11)12)9-4-2-8(7-14)3-5-9/h2-5,7,10H,6H2,1H3. The zero-order valence-corrected chi connectivity index (χ0v) is 7.78. The zero-order chi connectivity index (χ0) is 10.6. The maximum atomic E-state index is 12.0. The molecule has 0 fully saturated rings. The minimum atomic E-state index is -2.36. The predicted octanol–water partition coefficient (Wildman–Crippen LogP) is 2.20. The number of alkyl halides is 2. The Morgan fingerprint density at radius 1 is 1.36 bits per heavy atom. The summed E-state index contributed by atoms with van der Waals surface area (Å²) in [4.78, 5) is 11.8. The quantitative estimate of drug-likeness (QED) is 0.693. The van der Waals surface area contributed by atoms with Crippen LogP contribution in [-0.4, -0.2) is 26.3 Å². The molecule has 14 heavy (non-hydrogen) atoms. The number of hydrogen-bond acceptors (Lipinski definition) is 2. The lowest BCUT2D eigenvalue weighted by atomic mass is 10.2. The molecule has 4 heteroatoms. The summed E-state index contributed by atoms with van der Waals surface area (Å²) in [5.41, 5.74) is 1.22. The van der Waals surface area contributed by atoms with Gasteiger partial charge in [0.1, 0.15) is 6.29 Å². The summed E-state index contributed by atoms with van der Waals surface area (Å²) in [6, 6.07) is 6.49. The largest absolute Gasteiger partial charge is 0.369 e. The second kappa shape index (κ2) is 4.69. The van der Waals surface area contributed by atoms with Crippen LogP contribution >= 0.6 is 0 Å². The van der Waals surface area contributed by atoms with Crippen molar-refractivity contribution in [1.29, 1.82) is 0 Å². The number of nitrogens with zero attached hydrogens (tertiary/aromatic N) is 1. The Labute approximate surface area is 81.1 Å². The molecule has 0 aromatic heterocycles. The van der Waals surface area contributed by atoms with Gasteiger partial charge in [-0.25, -0.2) is 8.78 Å². The summed E-state index contributed by atoms with van der Waals surface area (Å²) in [5.74, 6) is 0. The number of halogens is 2. The molecule has 0 saturated carbocycles. The lowest BCUT2D eigenvalue weighted by molar-refractivity contribution is 0.112. The highest BCUT2D eigenvalue weighted by molar-refractivity contribution is 5.75. The molecule has 0 atom stereocenters. The summed E-state index contributed by atoms with van der Waals surface area (Å²) >= 11 is 0. The molecule has 0 aliphatic heterocycles. The summed E-state index contributed by atoms with van der Waals surface area (Å²) in [6.45, 7) is -0.305. The van der Waals surface area contributed by atoms with Crippen LogP contribution in [0.4, 0.5) is 14.5 Å². The summed E-state index contributed by atoms with van der Waals surface area (Å²) in [6.07, 6.45) is -1.64. The topological polar surface area (TPSA) is 20.3 Å². The van der Waals surface area contributed by atoms with Crippen LogP contribution in [0.1, 0.15) is 10.4 Å². The highest BCUT2D eigenvalue weighted by Crippen LogP contribution is 2.13. The predicted molar refractivity (Wildman–Crippen MR) is 51.1 cm³/mol. The fourth-order valence-corrected chi connectivity index (χ4v) is 1.12. The Morgan fingerprint density at radius 2 is 1.93 bits per heavy atom. The first-order valence-corrected chi connectivity index (χ1v) is 4.18. The van der Waals surface area contributed by atoms with E-state index in [2.05, 4.69) is 0 Å². The van der Waals surface area contributed by atoms with Crippen LogP contribution in [0.2, 0.25) is 0 Å². The van der Waals surface area contributed by atoms with Gasteiger partial charge < -0.3 is 4.90 Å². The Kier molecular flexibility index (Phi) is 3.56. The molecule has 0 spiro atoms. The van der Waals surface area contributed by atoms with Crippen molar-refractivity contribution < 1.29 is 13.6 Å². The van der Waals surface area contributed by atoms with Gasteiger partial charge in [-0.15, -0.1) is 0 Å². The fraction of sp³-hybridized carbons (Fsp3) is 0.300. The Morgan fingerprint density at radius 3 is 2.36 bits per heavy atom. The van der Waals surface area contributed by atoms with Crippen LogP contribution in [0, 0.1) is 0 Å². The van der Waals surface area contributed by atoms with Crippen molar-refractivity contribution in [3.63, 3.8) is 0 Å². The monoisotopic (exact) mass is 199 g/mol. The van der Waals surface area contributed by atoms with Gasteiger partial charge in [0.05, 0.1) is 6.54 Å². The Bertz CT molecular complexity index is 297. The molecule has 0 aliphatic rings. The molecule has 0 N–H and O–H groups in total. The van der Waals surface area contributed by atoms with Crippen LogP contribution in [0.25, 0.3) is 0 Å². The molecule has 0 unspecified atom stereocenters. The Balaban J connectivity index is 2.71. The number of benzene rings is 1. The number of rotatable bonds is 4. The van der Waals surface area contributed by atoms with E-state index in [1.807, 2.05) is 0 Å². The van der Waals surface area contributed by atoms with Crippen LogP contribution in [0.15, 0.2) is 24.3 Å². The average Bonchev–Trinajstić information content (AvgIpc) is 2.17. The SMILES string of the molecule is CN(CC(F)F)c1ccc(C=O)cc1. The zero-order valence-electron chi connectivity index (χ0n) is 7.78. The van der Waals surface area contributed by atoms with Gasteiger partial charge in [-0.05, 0) is 24.3 Å². The molecule has 2 nitrogen and oxygen atoms in total. The molecule has 0 bridgehead atoms. The van der Waals surface area contributed by atoms with E-state index in [-0.39, 0.29) is 6.54 Å². The molecular formula is C10H11F2NO. The second-order valence-corrected chi connectivity index (χ2v) is 2.98. The van der Waals surface area contributed by atoms with Gasteiger partial charge in [-0.3, -0.25) is 4.79 Å². The van der Waals surface area contributed by atoms with Crippen molar-refractivity contribution >= 4 is 12.0 Å². The lowest BCUT2D eigenvalue weighted by Crippen LogP contribution is -2.23. The van der Waals surface area contributed by atoms with E-state index >= 15 is 0 Å². The maximum absolute atomic E-state index is 12.0. The van der Waals surface area contributed by atoms with Gasteiger partial charge in [-0.2, -0.15) is 0 Å². The maximum Gasteiger partial charge on any atom is 0.255 e. The Hall–Kier alpha value is -1.45. The van der Waals surface area contributed by atoms with Crippen LogP contribution < -0.4 is 4.90 Å². The first-order valence-electron chi connectivity index (χ1n) is 4.18. The van der Waals surface area contributed by atoms with Gasteiger partial charge in [0, 0.05) is 18.3 Å². The molecule has 0 heterocycles. The summed E-state index contributed by atoms with van der Waals surface area (Å²) in [7, 11) is 1.59. The van der Waals surface area contributed by atoms with Crippen LogP contribution in [0.5, 0.6) is 0 Å². The minimum absolute atomic E-state index is 0.305. The number of anilines is 1. The molecule has 0 aliphatic carbocycles. The third kappa shape index (κ3) is 2.80. The van der Waals surface area contributed by atoms with Gasteiger partial charge in [0.15, 0.2) is 0 Å². The molecule has 0 amide bonds. The molecule has 0 saturated heterocycles. The third-order valence-electron chi connectivity index (χ3n) is 1.88. The van der Waals surface area contributed by atoms with Crippen molar-refractivity contribution in [3.05, 3.63) is 29.8 Å². The lowest BCUT2D eigenvalue weighted by Gasteiger charge is -2.18. The first kappa shape index (κ1) is 10.6. The van der Waals surface area contributed by atoms with Crippen molar-refractivity contribution in [2.75, 3.05) is 18.5 Å². The third-order valence-corrected chi connectivity index (χ3v) is 1.88. The number of carbonyl (C=O) groups excluding carboxylic acids is 1. The number of aldehydes is 1. The molecule has 0 radical (unpaired) electrons. The van der Waals surface area contributed by atoms with E-state index in [1.54, 1.807) is 31.3 Å². The van der Waals surface area contributed by atoms with Gasteiger partial charge in [-0.1, -0.05) is 0 Å². The van der Waals surface area contributed by atoms with E-state index in [0.29, 0.717) is 11.3 Å². The van der Waals surface area contributed by atoms with E-state index < -0.39 is 6.43 Å². The highest BCUT2D eigenvalue weighted by atomic mass is 19.3. The van der Waals surface area contributed by atoms with Crippen molar-refractivity contribution in [1.82, 2.24) is 0 Å². The smallest absolute Gasteiger partial charge is 0.255 e. The van der Waals surface area contributed by atoms with Crippen molar-refractivity contribution in [2.45, 2.75) is 6.43 Å². The molecule has 1 rings (SSSR count). The molecule has 1 aromatic carbocycles. The molecule has 1 aromatic rings. The van der Waals surface area contributed by atoms with Gasteiger partial charge in [0.2, 0.25) is 0 Å². The van der Waals surface area contributed by atoms with E-state index in [0.717, 1.165) is 6.29 Å². The fourth-order valence-electron chi connectivity index (χ4n) is 1.12. The van der Waals surface area contributed by atoms with Gasteiger partial charge >= 0.3 is 0 Å². The van der Waals surface area contributed by atoms with Crippen LogP contribution in [-0.2, 0) is 0 Å². The number of carbonyl (C=O) groups is 1. The minimum Gasteiger partial charge on any atom is -0.369 e. The van der Waals surface area contributed by atoms with Gasteiger partial charge in [0.25, 0.3) is 6.43 Å². The first-order chi connectivity index (χ1) is 6.63. The van der Waals surface area contributed by atoms with Crippen molar-refractivity contribution in [3.8, 4) is 0 Å².